The van der Waals surface area contributed by atoms with Crippen LogP contribution in [0, 0.1) is 0 Å². The van der Waals surface area contributed by atoms with E-state index in [9.17, 15) is 9.59 Å². The van der Waals surface area contributed by atoms with Crippen molar-refractivity contribution >= 4 is 39.6 Å². The molecule has 3 aromatic rings. The first-order valence-electron chi connectivity index (χ1n) is 8.07. The van der Waals surface area contributed by atoms with Crippen LogP contribution in [-0.2, 0) is 14.3 Å². The van der Waals surface area contributed by atoms with Crippen LogP contribution in [-0.4, -0.2) is 24.7 Å². The molecule has 0 aromatic heterocycles. The van der Waals surface area contributed by atoms with Gasteiger partial charge in [0.25, 0.3) is 5.91 Å². The fraction of sp³-hybridized carbons (Fsp3) is 0.150. The zero-order valence-electron chi connectivity index (χ0n) is 13.9. The number of fused-ring (bicyclic) bond motifs is 2. The zero-order chi connectivity index (χ0) is 17.6. The van der Waals surface area contributed by atoms with Crippen LogP contribution >= 0.6 is 0 Å². The summed E-state index contributed by atoms with van der Waals surface area (Å²) in [4.78, 5) is 23.0. The molecular formula is C20H18N2O3. The number of hydrogen-bond donors (Lipinski definition) is 1. The molecule has 3 rings (SSSR count). The van der Waals surface area contributed by atoms with Crippen LogP contribution in [0.15, 0.2) is 59.7 Å². The van der Waals surface area contributed by atoms with Gasteiger partial charge in [0.1, 0.15) is 6.42 Å². The summed E-state index contributed by atoms with van der Waals surface area (Å²) in [6, 6.07) is 18.1. The number of esters is 1. The standard InChI is InChI=1S/C20H18N2O3/c1-2-25-20(24)12-19(23)22-21-13-18-16-9-5-3-7-14(16)11-15-8-4-6-10-17(15)18/h3-11,13H,2,12H2,1H3,(H,22,23)/b21-13+. The highest BCUT2D eigenvalue weighted by molar-refractivity contribution is 6.13. The summed E-state index contributed by atoms with van der Waals surface area (Å²) < 4.78 is 4.74. The molecule has 0 aliphatic heterocycles. The maximum absolute atomic E-state index is 11.7. The van der Waals surface area contributed by atoms with Gasteiger partial charge in [-0.3, -0.25) is 9.59 Å². The molecule has 0 saturated heterocycles. The Balaban J connectivity index is 1.89. The molecule has 0 atom stereocenters. The van der Waals surface area contributed by atoms with Crippen LogP contribution in [0.4, 0.5) is 0 Å². The largest absolute Gasteiger partial charge is 0.466 e. The minimum atomic E-state index is -0.564. The van der Waals surface area contributed by atoms with Gasteiger partial charge in [-0.1, -0.05) is 48.5 Å². The van der Waals surface area contributed by atoms with E-state index in [1.807, 2.05) is 48.5 Å². The summed E-state index contributed by atoms with van der Waals surface area (Å²) >= 11 is 0. The molecule has 5 heteroatoms. The van der Waals surface area contributed by atoms with E-state index in [1.54, 1.807) is 13.1 Å². The van der Waals surface area contributed by atoms with Crippen LogP contribution in [0.2, 0.25) is 0 Å². The van der Waals surface area contributed by atoms with Gasteiger partial charge >= 0.3 is 5.97 Å². The molecule has 0 aliphatic carbocycles. The minimum absolute atomic E-state index is 0.247. The van der Waals surface area contributed by atoms with Gasteiger partial charge in [0.05, 0.1) is 12.8 Å². The van der Waals surface area contributed by atoms with Gasteiger partial charge < -0.3 is 4.74 Å². The number of carbonyl (C=O) groups is 2. The number of rotatable bonds is 5. The molecule has 0 fully saturated rings. The highest BCUT2D eigenvalue weighted by Gasteiger charge is 2.09. The molecule has 5 nitrogen and oxygen atoms in total. The van der Waals surface area contributed by atoms with E-state index in [2.05, 4.69) is 16.6 Å². The Bertz CT molecular complexity index is 909. The van der Waals surface area contributed by atoms with Crippen LogP contribution in [0.3, 0.4) is 0 Å². The lowest BCUT2D eigenvalue weighted by atomic mass is 9.97. The minimum Gasteiger partial charge on any atom is -0.466 e. The van der Waals surface area contributed by atoms with Gasteiger partial charge in [-0.2, -0.15) is 5.10 Å². The van der Waals surface area contributed by atoms with E-state index in [0.29, 0.717) is 0 Å². The monoisotopic (exact) mass is 334 g/mol. The summed E-state index contributed by atoms with van der Waals surface area (Å²) in [7, 11) is 0. The molecule has 25 heavy (non-hydrogen) atoms. The first kappa shape index (κ1) is 16.6. The topological polar surface area (TPSA) is 67.8 Å². The maximum Gasteiger partial charge on any atom is 0.315 e. The number of ether oxygens (including phenoxy) is 1. The van der Waals surface area contributed by atoms with E-state index >= 15 is 0 Å². The Morgan fingerprint density at radius 2 is 1.64 bits per heavy atom. The highest BCUT2D eigenvalue weighted by Crippen LogP contribution is 2.27. The van der Waals surface area contributed by atoms with Crippen molar-refractivity contribution in [3.05, 3.63) is 60.2 Å². The van der Waals surface area contributed by atoms with Crippen LogP contribution < -0.4 is 5.43 Å². The van der Waals surface area contributed by atoms with E-state index in [1.165, 1.54) is 0 Å². The number of hydrogen-bond acceptors (Lipinski definition) is 4. The van der Waals surface area contributed by atoms with Crippen molar-refractivity contribution in [3.8, 4) is 0 Å². The van der Waals surface area contributed by atoms with E-state index in [-0.39, 0.29) is 13.0 Å². The van der Waals surface area contributed by atoms with Gasteiger partial charge in [-0.05, 0) is 34.5 Å². The molecule has 0 saturated carbocycles. The van der Waals surface area contributed by atoms with E-state index < -0.39 is 11.9 Å². The average Bonchev–Trinajstić information content (AvgIpc) is 2.61. The number of carbonyl (C=O) groups excluding carboxylic acids is 2. The lowest BCUT2D eigenvalue weighted by molar-refractivity contribution is -0.145. The molecule has 126 valence electrons. The molecule has 0 heterocycles. The average molecular weight is 334 g/mol. The van der Waals surface area contributed by atoms with Crippen molar-refractivity contribution in [3.63, 3.8) is 0 Å². The quantitative estimate of drug-likeness (QED) is 0.256. The number of nitrogens with one attached hydrogen (secondary N) is 1. The maximum atomic E-state index is 11.7. The summed E-state index contributed by atoms with van der Waals surface area (Å²) in [6.45, 7) is 1.94. The molecule has 0 spiro atoms. The van der Waals surface area contributed by atoms with Gasteiger partial charge in [-0.15, -0.1) is 0 Å². The molecule has 1 amide bonds. The smallest absolute Gasteiger partial charge is 0.315 e. The van der Waals surface area contributed by atoms with Crippen molar-refractivity contribution < 1.29 is 14.3 Å². The number of amides is 1. The lowest BCUT2D eigenvalue weighted by Crippen LogP contribution is -2.22. The third kappa shape index (κ3) is 3.83. The second kappa shape index (κ2) is 7.57. The highest BCUT2D eigenvalue weighted by atomic mass is 16.5. The van der Waals surface area contributed by atoms with Gasteiger partial charge in [0.15, 0.2) is 0 Å². The van der Waals surface area contributed by atoms with Crippen molar-refractivity contribution in [2.45, 2.75) is 13.3 Å². The molecular weight excluding hydrogens is 316 g/mol. The molecule has 0 aliphatic rings. The van der Waals surface area contributed by atoms with Crippen LogP contribution in [0.5, 0.6) is 0 Å². The molecule has 0 bridgehead atoms. The number of nitrogens with zero attached hydrogens (tertiary/aromatic N) is 1. The second-order valence-electron chi connectivity index (χ2n) is 5.51. The van der Waals surface area contributed by atoms with Crippen molar-refractivity contribution in [1.29, 1.82) is 0 Å². The van der Waals surface area contributed by atoms with Crippen molar-refractivity contribution in [2.75, 3.05) is 6.61 Å². The third-order valence-corrected chi connectivity index (χ3v) is 3.81. The van der Waals surface area contributed by atoms with Crippen LogP contribution in [0.1, 0.15) is 18.9 Å². The predicted octanol–water partition coefficient (Wildman–Crippen LogP) is 3.40. The van der Waals surface area contributed by atoms with Crippen molar-refractivity contribution in [2.24, 2.45) is 5.10 Å². The Labute approximate surface area is 145 Å². The number of benzene rings is 3. The van der Waals surface area contributed by atoms with E-state index in [0.717, 1.165) is 27.1 Å². The second-order valence-corrected chi connectivity index (χ2v) is 5.51. The Morgan fingerprint density at radius 1 is 1.04 bits per heavy atom. The first-order valence-corrected chi connectivity index (χ1v) is 8.07. The lowest BCUT2D eigenvalue weighted by Gasteiger charge is -2.08. The summed E-state index contributed by atoms with van der Waals surface area (Å²) in [5, 5.41) is 8.31. The molecule has 1 N–H and O–H groups in total. The zero-order valence-corrected chi connectivity index (χ0v) is 13.9. The Kier molecular flexibility index (Phi) is 5.04. The fourth-order valence-electron chi connectivity index (χ4n) is 2.74. The fourth-order valence-corrected chi connectivity index (χ4v) is 2.74. The number of hydrazone groups is 1. The predicted molar refractivity (Wildman–Crippen MR) is 98.4 cm³/mol. The third-order valence-electron chi connectivity index (χ3n) is 3.81. The molecule has 0 radical (unpaired) electrons. The Morgan fingerprint density at radius 3 is 2.24 bits per heavy atom. The van der Waals surface area contributed by atoms with Gasteiger partial charge in [0, 0.05) is 5.56 Å². The summed E-state index contributed by atoms with van der Waals surface area (Å²) in [6.07, 6.45) is 1.27. The van der Waals surface area contributed by atoms with E-state index in [4.69, 9.17) is 4.74 Å². The van der Waals surface area contributed by atoms with Crippen molar-refractivity contribution in [1.82, 2.24) is 5.43 Å². The Hall–Kier alpha value is -3.21. The first-order chi connectivity index (χ1) is 12.2. The summed E-state index contributed by atoms with van der Waals surface area (Å²) in [5.41, 5.74) is 3.30. The van der Waals surface area contributed by atoms with Gasteiger partial charge in [-0.25, -0.2) is 5.43 Å². The summed E-state index contributed by atoms with van der Waals surface area (Å²) in [5.74, 6) is -1.06. The van der Waals surface area contributed by atoms with Gasteiger partial charge in [0.2, 0.25) is 0 Å². The normalized spacial score (nSPS) is 11.1. The molecule has 0 unspecified atom stereocenters. The molecule has 3 aromatic carbocycles. The SMILES string of the molecule is CCOC(=O)CC(=O)N/N=C/c1c2ccccc2cc2ccccc12. The van der Waals surface area contributed by atoms with Crippen LogP contribution in [0.25, 0.3) is 21.5 Å².